The van der Waals surface area contributed by atoms with E-state index < -0.39 is 10.0 Å². The maximum atomic E-state index is 12.4. The third kappa shape index (κ3) is 7.57. The molecule has 0 aliphatic carbocycles. The molecule has 0 fully saturated rings. The summed E-state index contributed by atoms with van der Waals surface area (Å²) in [6.07, 6.45) is 3.49. The average molecular weight is 484 g/mol. The highest BCUT2D eigenvalue weighted by atomic mass is 32.2. The van der Waals surface area contributed by atoms with Gasteiger partial charge in [0.1, 0.15) is 18.1 Å². The highest BCUT2D eigenvalue weighted by Crippen LogP contribution is 2.19. The Morgan fingerprint density at radius 3 is 2.32 bits per heavy atom. The summed E-state index contributed by atoms with van der Waals surface area (Å²) in [6, 6.07) is 17.2. The summed E-state index contributed by atoms with van der Waals surface area (Å²) in [5.74, 6) is 1.07. The van der Waals surface area contributed by atoms with Crippen LogP contribution in [0.3, 0.4) is 0 Å². The van der Waals surface area contributed by atoms with Crippen molar-refractivity contribution in [3.8, 4) is 11.5 Å². The van der Waals surface area contributed by atoms with E-state index in [9.17, 15) is 13.2 Å². The van der Waals surface area contributed by atoms with E-state index in [4.69, 9.17) is 9.47 Å². The standard InChI is InChI=1S/C25H29N3O5S/c1-3-32-22-10-12-24(13-11-22)34(30,31)27-16-14-25(29)28-19(2)21-6-8-23(9-7-21)33-18-20-5-4-15-26-17-20/h4-13,15,17,19,27H,3,14,16,18H2,1-2H3,(H,28,29). The summed E-state index contributed by atoms with van der Waals surface area (Å²) in [5.41, 5.74) is 1.89. The van der Waals surface area contributed by atoms with Gasteiger partial charge in [0, 0.05) is 30.9 Å². The van der Waals surface area contributed by atoms with Gasteiger partial charge in [-0.25, -0.2) is 13.1 Å². The van der Waals surface area contributed by atoms with Crippen molar-refractivity contribution in [1.82, 2.24) is 15.0 Å². The van der Waals surface area contributed by atoms with Gasteiger partial charge >= 0.3 is 0 Å². The largest absolute Gasteiger partial charge is 0.494 e. The van der Waals surface area contributed by atoms with Crippen LogP contribution in [0.4, 0.5) is 0 Å². The molecule has 3 aromatic rings. The molecule has 1 heterocycles. The van der Waals surface area contributed by atoms with Crippen LogP contribution in [0.5, 0.6) is 11.5 Å². The molecule has 9 heteroatoms. The summed E-state index contributed by atoms with van der Waals surface area (Å²) in [5, 5.41) is 2.88. The number of sulfonamides is 1. The lowest BCUT2D eigenvalue weighted by Crippen LogP contribution is -2.32. The second kappa shape index (κ2) is 12.2. The number of carbonyl (C=O) groups excluding carboxylic acids is 1. The predicted octanol–water partition coefficient (Wildman–Crippen LogP) is 3.61. The Kier molecular flexibility index (Phi) is 9.00. The molecule has 0 saturated carbocycles. The van der Waals surface area contributed by atoms with Gasteiger partial charge in [0.05, 0.1) is 17.5 Å². The Morgan fingerprint density at radius 1 is 1.00 bits per heavy atom. The fourth-order valence-electron chi connectivity index (χ4n) is 3.16. The van der Waals surface area contributed by atoms with Gasteiger partial charge in [0.15, 0.2) is 0 Å². The molecule has 3 rings (SSSR count). The summed E-state index contributed by atoms with van der Waals surface area (Å²) < 4.78 is 38.3. The second-order valence-corrected chi connectivity index (χ2v) is 9.33. The quantitative estimate of drug-likeness (QED) is 0.408. The molecule has 0 radical (unpaired) electrons. The zero-order chi connectivity index (χ0) is 24.4. The third-order valence-corrected chi connectivity index (χ3v) is 6.45. The number of amides is 1. The van der Waals surface area contributed by atoms with Gasteiger partial charge in [-0.05, 0) is 61.9 Å². The van der Waals surface area contributed by atoms with E-state index in [-0.39, 0.29) is 29.8 Å². The number of hydrogen-bond donors (Lipinski definition) is 2. The molecule has 0 spiro atoms. The molecule has 0 bridgehead atoms. The van der Waals surface area contributed by atoms with E-state index in [1.165, 1.54) is 12.1 Å². The van der Waals surface area contributed by atoms with E-state index in [1.54, 1.807) is 24.5 Å². The van der Waals surface area contributed by atoms with Gasteiger partial charge < -0.3 is 14.8 Å². The Hall–Kier alpha value is -3.43. The summed E-state index contributed by atoms with van der Waals surface area (Å²) in [4.78, 5) is 16.5. The SMILES string of the molecule is CCOc1ccc(S(=O)(=O)NCCC(=O)NC(C)c2ccc(OCc3cccnc3)cc2)cc1. The Labute approximate surface area is 200 Å². The van der Waals surface area contributed by atoms with Crippen molar-refractivity contribution in [1.29, 1.82) is 0 Å². The van der Waals surface area contributed by atoms with Crippen molar-refractivity contribution in [3.05, 3.63) is 84.2 Å². The third-order valence-electron chi connectivity index (χ3n) is 4.98. The van der Waals surface area contributed by atoms with Crippen LogP contribution in [-0.2, 0) is 21.4 Å². The predicted molar refractivity (Wildman–Crippen MR) is 129 cm³/mol. The number of aromatic nitrogens is 1. The van der Waals surface area contributed by atoms with Crippen molar-refractivity contribution in [3.63, 3.8) is 0 Å². The van der Waals surface area contributed by atoms with Crippen LogP contribution in [0.2, 0.25) is 0 Å². The number of pyridine rings is 1. The van der Waals surface area contributed by atoms with Crippen molar-refractivity contribution in [2.45, 2.75) is 37.8 Å². The van der Waals surface area contributed by atoms with Crippen molar-refractivity contribution in [2.24, 2.45) is 0 Å². The fraction of sp³-hybridized carbons (Fsp3) is 0.280. The lowest BCUT2D eigenvalue weighted by atomic mass is 10.1. The molecular formula is C25H29N3O5S. The number of rotatable bonds is 12. The summed E-state index contributed by atoms with van der Waals surface area (Å²) in [7, 11) is -3.70. The highest BCUT2D eigenvalue weighted by molar-refractivity contribution is 7.89. The molecule has 2 N–H and O–H groups in total. The number of nitrogens with zero attached hydrogens (tertiary/aromatic N) is 1. The molecule has 0 aliphatic rings. The smallest absolute Gasteiger partial charge is 0.240 e. The minimum absolute atomic E-state index is 0.00474. The number of hydrogen-bond acceptors (Lipinski definition) is 6. The molecule has 180 valence electrons. The van der Waals surface area contributed by atoms with E-state index >= 15 is 0 Å². The van der Waals surface area contributed by atoms with Crippen LogP contribution in [-0.4, -0.2) is 32.5 Å². The molecule has 1 aromatic heterocycles. The topological polar surface area (TPSA) is 107 Å². The molecule has 34 heavy (non-hydrogen) atoms. The number of carbonyl (C=O) groups is 1. The molecule has 1 amide bonds. The maximum Gasteiger partial charge on any atom is 0.240 e. The minimum atomic E-state index is -3.70. The minimum Gasteiger partial charge on any atom is -0.494 e. The number of benzene rings is 2. The van der Waals surface area contributed by atoms with Crippen LogP contribution in [0.15, 0.2) is 78.0 Å². The zero-order valence-electron chi connectivity index (χ0n) is 19.2. The van der Waals surface area contributed by atoms with Gasteiger partial charge in [-0.1, -0.05) is 18.2 Å². The van der Waals surface area contributed by atoms with Crippen LogP contribution < -0.4 is 19.5 Å². The first-order chi connectivity index (χ1) is 16.4. The monoisotopic (exact) mass is 483 g/mol. The van der Waals surface area contributed by atoms with E-state index in [2.05, 4.69) is 15.0 Å². The summed E-state index contributed by atoms with van der Waals surface area (Å²) in [6.45, 7) is 4.64. The fourth-order valence-corrected chi connectivity index (χ4v) is 4.20. The first-order valence-corrected chi connectivity index (χ1v) is 12.5. The second-order valence-electron chi connectivity index (χ2n) is 7.56. The highest BCUT2D eigenvalue weighted by Gasteiger charge is 2.15. The molecule has 0 saturated heterocycles. The number of ether oxygens (including phenoxy) is 2. The van der Waals surface area contributed by atoms with Crippen LogP contribution in [0.1, 0.15) is 37.4 Å². The summed E-state index contributed by atoms with van der Waals surface area (Å²) >= 11 is 0. The lowest BCUT2D eigenvalue weighted by Gasteiger charge is -2.15. The van der Waals surface area contributed by atoms with E-state index in [1.807, 2.05) is 50.2 Å². The van der Waals surface area contributed by atoms with Crippen LogP contribution >= 0.6 is 0 Å². The van der Waals surface area contributed by atoms with Gasteiger partial charge in [-0.2, -0.15) is 0 Å². The van der Waals surface area contributed by atoms with Gasteiger partial charge in [-0.15, -0.1) is 0 Å². The first-order valence-electron chi connectivity index (χ1n) is 11.0. The van der Waals surface area contributed by atoms with Crippen molar-refractivity contribution < 1.29 is 22.7 Å². The van der Waals surface area contributed by atoms with Crippen LogP contribution in [0, 0.1) is 0 Å². The van der Waals surface area contributed by atoms with Crippen molar-refractivity contribution >= 4 is 15.9 Å². The van der Waals surface area contributed by atoms with Crippen molar-refractivity contribution in [2.75, 3.05) is 13.2 Å². The molecule has 1 atom stereocenters. The molecule has 2 aromatic carbocycles. The van der Waals surface area contributed by atoms with Gasteiger partial charge in [0.2, 0.25) is 15.9 Å². The Bertz CT molecular complexity index is 1150. The Balaban J connectivity index is 1.43. The van der Waals surface area contributed by atoms with Gasteiger partial charge in [0.25, 0.3) is 0 Å². The molecule has 1 unspecified atom stereocenters. The zero-order valence-corrected chi connectivity index (χ0v) is 20.0. The van der Waals surface area contributed by atoms with E-state index in [0.717, 1.165) is 16.9 Å². The molecule has 8 nitrogen and oxygen atoms in total. The normalized spacial score (nSPS) is 12.1. The first kappa shape index (κ1) is 25.2. The molecular weight excluding hydrogens is 454 g/mol. The Morgan fingerprint density at radius 2 is 1.68 bits per heavy atom. The average Bonchev–Trinajstić information content (AvgIpc) is 2.84. The maximum absolute atomic E-state index is 12.4. The lowest BCUT2D eigenvalue weighted by molar-refractivity contribution is -0.121. The van der Waals surface area contributed by atoms with Gasteiger partial charge in [-0.3, -0.25) is 9.78 Å². The van der Waals surface area contributed by atoms with E-state index in [0.29, 0.717) is 19.0 Å². The van der Waals surface area contributed by atoms with Crippen LogP contribution in [0.25, 0.3) is 0 Å². The number of nitrogens with one attached hydrogen (secondary N) is 2. The molecule has 0 aliphatic heterocycles.